The number of unbranched alkanes of at least 4 members (excludes halogenated alkanes) is 2. The average molecular weight is 446 g/mol. The monoisotopic (exact) mass is 445 g/mol. The van der Waals surface area contributed by atoms with Crippen molar-refractivity contribution < 1.29 is 17.9 Å². The largest absolute Gasteiger partial charge is 0.497 e. The number of imidazole rings is 1. The van der Waals surface area contributed by atoms with Crippen LogP contribution in [0, 0.1) is 0 Å². The van der Waals surface area contributed by atoms with Gasteiger partial charge < -0.3 is 4.74 Å². The van der Waals surface area contributed by atoms with Crippen molar-refractivity contribution in [3.05, 3.63) is 52.9 Å². The Morgan fingerprint density at radius 1 is 1.00 bits per heavy atom. The van der Waals surface area contributed by atoms with Gasteiger partial charge in [-0.05, 0) is 48.9 Å². The fourth-order valence-electron chi connectivity index (χ4n) is 3.51. The summed E-state index contributed by atoms with van der Waals surface area (Å²) in [5.41, 5.74) is 1.06. The predicted octanol–water partition coefficient (Wildman–Crippen LogP) is 3.19. The number of carbonyl (C=O) groups excluding carboxylic acids is 1. The number of anilines is 1. The van der Waals surface area contributed by atoms with Crippen molar-refractivity contribution in [2.24, 2.45) is 14.1 Å². The third kappa shape index (κ3) is 4.23. The number of aromatic nitrogens is 2. The second-order valence-electron chi connectivity index (χ2n) is 7.37. The zero-order chi connectivity index (χ0) is 22.8. The summed E-state index contributed by atoms with van der Waals surface area (Å²) in [5, 5.41) is 0. The molecule has 0 saturated carbocycles. The third-order valence-corrected chi connectivity index (χ3v) is 7.05. The highest BCUT2D eigenvalue weighted by Crippen LogP contribution is 2.28. The number of methoxy groups -OCH3 is 1. The molecule has 1 amide bonds. The SMILES string of the molecule is CCCCCC(=O)N(c1ccc(OC)cc1)S(=O)(=O)c1ccc2c(c1)n(C)c(=O)n2C. The highest BCUT2D eigenvalue weighted by Gasteiger charge is 2.31. The molecular formula is C22H27N3O5S. The second kappa shape index (κ2) is 8.97. The lowest BCUT2D eigenvalue weighted by Gasteiger charge is -2.23. The van der Waals surface area contributed by atoms with E-state index < -0.39 is 15.9 Å². The molecule has 0 bridgehead atoms. The smallest absolute Gasteiger partial charge is 0.328 e. The maximum Gasteiger partial charge on any atom is 0.328 e. The van der Waals surface area contributed by atoms with Crippen LogP contribution in [-0.2, 0) is 28.9 Å². The molecule has 0 N–H and O–H groups in total. The van der Waals surface area contributed by atoms with Crippen LogP contribution in [0.4, 0.5) is 5.69 Å². The van der Waals surface area contributed by atoms with Gasteiger partial charge in [0.2, 0.25) is 5.91 Å². The summed E-state index contributed by atoms with van der Waals surface area (Å²) in [7, 11) is 0.515. The molecule has 9 heteroatoms. The molecule has 0 unspecified atom stereocenters. The number of rotatable bonds is 8. The number of hydrogen-bond acceptors (Lipinski definition) is 5. The van der Waals surface area contributed by atoms with E-state index in [2.05, 4.69) is 0 Å². The van der Waals surface area contributed by atoms with Crippen molar-refractivity contribution in [2.45, 2.75) is 37.5 Å². The van der Waals surface area contributed by atoms with E-state index in [0.29, 0.717) is 23.2 Å². The quantitative estimate of drug-likeness (QED) is 0.497. The third-order valence-electron chi connectivity index (χ3n) is 5.31. The molecule has 0 aliphatic heterocycles. The number of amides is 1. The highest BCUT2D eigenvalue weighted by atomic mass is 32.2. The van der Waals surface area contributed by atoms with Gasteiger partial charge in [0.1, 0.15) is 5.75 Å². The molecule has 1 aromatic heterocycles. The Bertz CT molecular complexity index is 1260. The summed E-state index contributed by atoms with van der Waals surface area (Å²) < 4.78 is 36.0. The number of sulfonamides is 1. The number of carbonyl (C=O) groups is 1. The van der Waals surface area contributed by atoms with Gasteiger partial charge in [0, 0.05) is 20.5 Å². The van der Waals surface area contributed by atoms with Crippen LogP contribution in [0.5, 0.6) is 5.75 Å². The van der Waals surface area contributed by atoms with Gasteiger partial charge in [-0.2, -0.15) is 0 Å². The molecule has 3 rings (SSSR count). The number of fused-ring (bicyclic) bond motifs is 1. The summed E-state index contributed by atoms with van der Waals surface area (Å²) >= 11 is 0. The zero-order valence-corrected chi connectivity index (χ0v) is 19.0. The topological polar surface area (TPSA) is 90.6 Å². The van der Waals surface area contributed by atoms with Crippen molar-refractivity contribution >= 4 is 32.7 Å². The van der Waals surface area contributed by atoms with Gasteiger partial charge in [0.15, 0.2) is 0 Å². The second-order valence-corrected chi connectivity index (χ2v) is 9.16. The maximum atomic E-state index is 13.6. The van der Waals surface area contributed by atoms with E-state index in [9.17, 15) is 18.0 Å². The van der Waals surface area contributed by atoms with Crippen molar-refractivity contribution in [3.63, 3.8) is 0 Å². The Morgan fingerprint density at radius 2 is 1.65 bits per heavy atom. The molecule has 1 heterocycles. The Labute approximate surface area is 181 Å². The Kier molecular flexibility index (Phi) is 6.54. The van der Waals surface area contributed by atoms with Crippen molar-refractivity contribution in [3.8, 4) is 5.75 Å². The normalized spacial score (nSPS) is 11.6. The summed E-state index contributed by atoms with van der Waals surface area (Å²) in [4.78, 5) is 25.2. The number of ether oxygens (including phenoxy) is 1. The first kappa shape index (κ1) is 22.6. The molecule has 0 radical (unpaired) electrons. The van der Waals surface area contributed by atoms with Crippen LogP contribution in [-0.4, -0.2) is 30.6 Å². The van der Waals surface area contributed by atoms with E-state index in [4.69, 9.17) is 4.74 Å². The molecule has 0 spiro atoms. The molecule has 8 nitrogen and oxygen atoms in total. The average Bonchev–Trinajstić information content (AvgIpc) is 2.98. The van der Waals surface area contributed by atoms with E-state index in [1.54, 1.807) is 44.4 Å². The minimum atomic E-state index is -4.20. The van der Waals surface area contributed by atoms with Crippen LogP contribution >= 0.6 is 0 Å². The number of nitrogens with zero attached hydrogens (tertiary/aromatic N) is 3. The molecule has 2 aromatic carbocycles. The van der Waals surface area contributed by atoms with Gasteiger partial charge in [-0.3, -0.25) is 13.9 Å². The maximum absolute atomic E-state index is 13.6. The lowest BCUT2D eigenvalue weighted by atomic mass is 10.2. The molecule has 0 aliphatic rings. The van der Waals surface area contributed by atoms with Gasteiger partial charge >= 0.3 is 5.69 Å². The van der Waals surface area contributed by atoms with Crippen LogP contribution in [0.3, 0.4) is 0 Å². The summed E-state index contributed by atoms with van der Waals surface area (Å²) in [6, 6.07) is 10.8. The minimum Gasteiger partial charge on any atom is -0.497 e. The molecule has 3 aromatic rings. The van der Waals surface area contributed by atoms with Crippen LogP contribution < -0.4 is 14.7 Å². The number of aryl methyl sites for hydroxylation is 2. The lowest BCUT2D eigenvalue weighted by molar-refractivity contribution is -0.117. The van der Waals surface area contributed by atoms with Gasteiger partial charge in [0.25, 0.3) is 10.0 Å². The van der Waals surface area contributed by atoms with E-state index in [1.165, 1.54) is 28.4 Å². The molecule has 0 fully saturated rings. The van der Waals surface area contributed by atoms with E-state index in [-0.39, 0.29) is 22.7 Å². The summed E-state index contributed by atoms with van der Waals surface area (Å²) in [6.45, 7) is 2.02. The van der Waals surface area contributed by atoms with Crippen molar-refractivity contribution in [1.82, 2.24) is 9.13 Å². The molecule has 0 aliphatic carbocycles. The highest BCUT2D eigenvalue weighted by molar-refractivity contribution is 7.93. The van der Waals surface area contributed by atoms with Crippen molar-refractivity contribution in [2.75, 3.05) is 11.4 Å². The molecular weight excluding hydrogens is 418 g/mol. The first-order valence-electron chi connectivity index (χ1n) is 10.1. The van der Waals surface area contributed by atoms with Crippen LogP contribution in [0.1, 0.15) is 32.6 Å². The van der Waals surface area contributed by atoms with E-state index in [1.807, 2.05) is 6.92 Å². The molecule has 31 heavy (non-hydrogen) atoms. The zero-order valence-electron chi connectivity index (χ0n) is 18.2. The molecule has 166 valence electrons. The van der Waals surface area contributed by atoms with E-state index in [0.717, 1.165) is 17.1 Å². The van der Waals surface area contributed by atoms with Crippen LogP contribution in [0.15, 0.2) is 52.2 Å². The summed E-state index contributed by atoms with van der Waals surface area (Å²) in [6.07, 6.45) is 2.47. The Balaban J connectivity index is 2.11. The van der Waals surface area contributed by atoms with Gasteiger partial charge in [0.05, 0.1) is 28.7 Å². The molecule has 0 saturated heterocycles. The summed E-state index contributed by atoms with van der Waals surface area (Å²) in [5.74, 6) is 0.0564. The predicted molar refractivity (Wildman–Crippen MR) is 120 cm³/mol. The van der Waals surface area contributed by atoms with Crippen molar-refractivity contribution in [1.29, 1.82) is 0 Å². The Hall–Kier alpha value is -3.07. The van der Waals surface area contributed by atoms with Gasteiger partial charge in [-0.15, -0.1) is 0 Å². The fraction of sp³-hybridized carbons (Fsp3) is 0.364. The minimum absolute atomic E-state index is 0.0548. The van der Waals surface area contributed by atoms with Gasteiger partial charge in [-0.1, -0.05) is 19.8 Å². The van der Waals surface area contributed by atoms with Gasteiger partial charge in [-0.25, -0.2) is 17.5 Å². The molecule has 0 atom stereocenters. The first-order chi connectivity index (χ1) is 14.7. The number of benzene rings is 2. The first-order valence-corrected chi connectivity index (χ1v) is 11.5. The fourth-order valence-corrected chi connectivity index (χ4v) is 4.98. The van der Waals surface area contributed by atoms with Crippen LogP contribution in [0.2, 0.25) is 0 Å². The van der Waals surface area contributed by atoms with Crippen LogP contribution in [0.25, 0.3) is 11.0 Å². The standard InChI is InChI=1S/C22H27N3O5S/c1-5-6-7-8-21(26)25(16-9-11-17(30-4)12-10-16)31(28,29)18-13-14-19-20(15-18)24(3)22(27)23(19)2/h9-15H,5-8H2,1-4H3. The lowest BCUT2D eigenvalue weighted by Crippen LogP contribution is -2.37. The van der Waals surface area contributed by atoms with E-state index >= 15 is 0 Å². The number of hydrogen-bond donors (Lipinski definition) is 0. The Morgan fingerprint density at radius 3 is 2.26 bits per heavy atom.